The first kappa shape index (κ1) is 16.2. The standard InChI is InChI=1S/C14H20N2O3S/c1-9(2)7-16-13(17)8-19-12-5-10(14(15)20)4-11(6-12)18-3/h4-6,9H,7-8H2,1-3H3,(H2,15,20)(H,16,17). The van der Waals surface area contributed by atoms with Gasteiger partial charge in [-0.1, -0.05) is 26.1 Å². The lowest BCUT2D eigenvalue weighted by atomic mass is 10.2. The minimum Gasteiger partial charge on any atom is -0.497 e. The third-order valence-electron chi connectivity index (χ3n) is 2.48. The number of benzene rings is 1. The van der Waals surface area contributed by atoms with Gasteiger partial charge in [0.15, 0.2) is 6.61 Å². The zero-order chi connectivity index (χ0) is 15.1. The molecule has 0 saturated heterocycles. The first-order valence-corrected chi connectivity index (χ1v) is 6.71. The molecule has 0 heterocycles. The van der Waals surface area contributed by atoms with Crippen LogP contribution in [0.1, 0.15) is 19.4 Å². The van der Waals surface area contributed by atoms with Gasteiger partial charge >= 0.3 is 0 Å². The van der Waals surface area contributed by atoms with Crippen molar-refractivity contribution >= 4 is 23.1 Å². The molecule has 0 aliphatic carbocycles. The maximum Gasteiger partial charge on any atom is 0.257 e. The molecule has 1 amide bonds. The second-order valence-corrected chi connectivity index (χ2v) is 5.19. The quantitative estimate of drug-likeness (QED) is 0.746. The summed E-state index contributed by atoms with van der Waals surface area (Å²) in [6.07, 6.45) is 0. The highest BCUT2D eigenvalue weighted by atomic mass is 32.1. The van der Waals surface area contributed by atoms with E-state index in [1.54, 1.807) is 18.2 Å². The van der Waals surface area contributed by atoms with Crippen LogP contribution in [-0.2, 0) is 4.79 Å². The van der Waals surface area contributed by atoms with Gasteiger partial charge in [-0.15, -0.1) is 0 Å². The number of nitrogens with two attached hydrogens (primary N) is 1. The van der Waals surface area contributed by atoms with Crippen LogP contribution < -0.4 is 20.5 Å². The van der Waals surface area contributed by atoms with E-state index in [9.17, 15) is 4.79 Å². The van der Waals surface area contributed by atoms with Crippen LogP contribution in [0.2, 0.25) is 0 Å². The van der Waals surface area contributed by atoms with Crippen molar-refractivity contribution in [3.63, 3.8) is 0 Å². The summed E-state index contributed by atoms with van der Waals surface area (Å²) in [5.74, 6) is 1.30. The molecule has 3 N–H and O–H groups in total. The van der Waals surface area contributed by atoms with Gasteiger partial charge in [-0.05, 0) is 18.1 Å². The number of rotatable bonds is 7. The largest absolute Gasteiger partial charge is 0.497 e. The number of amides is 1. The maximum atomic E-state index is 11.6. The second-order valence-electron chi connectivity index (χ2n) is 4.75. The molecule has 0 radical (unpaired) electrons. The lowest BCUT2D eigenvalue weighted by molar-refractivity contribution is -0.123. The second kappa shape index (κ2) is 7.69. The van der Waals surface area contributed by atoms with Crippen molar-refractivity contribution < 1.29 is 14.3 Å². The smallest absolute Gasteiger partial charge is 0.257 e. The fourth-order valence-corrected chi connectivity index (χ4v) is 1.55. The monoisotopic (exact) mass is 296 g/mol. The van der Waals surface area contributed by atoms with Crippen LogP contribution in [0, 0.1) is 5.92 Å². The molecular weight excluding hydrogens is 276 g/mol. The van der Waals surface area contributed by atoms with E-state index in [0.29, 0.717) is 29.5 Å². The molecule has 5 nitrogen and oxygen atoms in total. The first-order chi connectivity index (χ1) is 9.42. The molecule has 1 aromatic carbocycles. The molecule has 20 heavy (non-hydrogen) atoms. The van der Waals surface area contributed by atoms with Gasteiger partial charge in [-0.25, -0.2) is 0 Å². The summed E-state index contributed by atoms with van der Waals surface area (Å²) in [6.45, 7) is 4.62. The van der Waals surface area contributed by atoms with Crippen molar-refractivity contribution in [2.45, 2.75) is 13.8 Å². The Morgan fingerprint density at radius 1 is 1.35 bits per heavy atom. The predicted molar refractivity (Wildman–Crippen MR) is 82.2 cm³/mol. The van der Waals surface area contributed by atoms with Crippen molar-refractivity contribution in [3.05, 3.63) is 23.8 Å². The minimum absolute atomic E-state index is 0.0589. The number of ether oxygens (including phenoxy) is 2. The molecule has 0 aromatic heterocycles. The number of hydrogen-bond acceptors (Lipinski definition) is 4. The molecule has 0 aliphatic rings. The number of carbonyl (C=O) groups is 1. The van der Waals surface area contributed by atoms with Gasteiger partial charge < -0.3 is 20.5 Å². The minimum atomic E-state index is -0.168. The van der Waals surface area contributed by atoms with Crippen LogP contribution in [0.3, 0.4) is 0 Å². The van der Waals surface area contributed by atoms with Gasteiger partial charge in [0.1, 0.15) is 16.5 Å². The lowest BCUT2D eigenvalue weighted by Crippen LogP contribution is -2.31. The summed E-state index contributed by atoms with van der Waals surface area (Å²) in [5.41, 5.74) is 6.22. The Kier molecular flexibility index (Phi) is 6.24. The van der Waals surface area contributed by atoms with Crippen LogP contribution in [-0.4, -0.2) is 31.2 Å². The number of hydrogen-bond donors (Lipinski definition) is 2. The highest BCUT2D eigenvalue weighted by molar-refractivity contribution is 7.80. The molecule has 110 valence electrons. The molecule has 0 aliphatic heterocycles. The van der Waals surface area contributed by atoms with Gasteiger partial charge in [-0.3, -0.25) is 4.79 Å². The Bertz CT molecular complexity index is 489. The van der Waals surface area contributed by atoms with Crippen LogP contribution in [0.4, 0.5) is 0 Å². The van der Waals surface area contributed by atoms with E-state index in [1.807, 2.05) is 13.8 Å². The summed E-state index contributed by atoms with van der Waals surface area (Å²) in [4.78, 5) is 11.8. The van der Waals surface area contributed by atoms with Crippen molar-refractivity contribution in [2.24, 2.45) is 11.7 Å². The van der Waals surface area contributed by atoms with Crippen molar-refractivity contribution in [1.82, 2.24) is 5.32 Å². The van der Waals surface area contributed by atoms with E-state index in [2.05, 4.69) is 5.32 Å². The number of methoxy groups -OCH3 is 1. The van der Waals surface area contributed by atoms with E-state index in [-0.39, 0.29) is 17.5 Å². The van der Waals surface area contributed by atoms with E-state index >= 15 is 0 Å². The van der Waals surface area contributed by atoms with Gasteiger partial charge in [0.2, 0.25) is 0 Å². The normalized spacial score (nSPS) is 10.2. The van der Waals surface area contributed by atoms with Gasteiger partial charge in [0.25, 0.3) is 5.91 Å². The lowest BCUT2D eigenvalue weighted by Gasteiger charge is -2.11. The fourth-order valence-electron chi connectivity index (χ4n) is 1.43. The fraction of sp³-hybridized carbons (Fsp3) is 0.429. The van der Waals surface area contributed by atoms with Gasteiger partial charge in [-0.2, -0.15) is 0 Å². The van der Waals surface area contributed by atoms with E-state index < -0.39 is 0 Å². The molecule has 1 aromatic rings. The molecule has 0 spiro atoms. The first-order valence-electron chi connectivity index (χ1n) is 6.30. The van der Waals surface area contributed by atoms with E-state index in [1.165, 1.54) is 7.11 Å². The third kappa shape index (κ3) is 5.44. The van der Waals surface area contributed by atoms with E-state index in [4.69, 9.17) is 27.4 Å². The molecule has 1 rings (SSSR count). The van der Waals surface area contributed by atoms with Crippen LogP contribution >= 0.6 is 12.2 Å². The van der Waals surface area contributed by atoms with Crippen LogP contribution in [0.15, 0.2) is 18.2 Å². The Balaban J connectivity index is 2.65. The van der Waals surface area contributed by atoms with Gasteiger partial charge in [0, 0.05) is 18.2 Å². The molecule has 0 atom stereocenters. The van der Waals surface area contributed by atoms with Crippen molar-refractivity contribution in [1.29, 1.82) is 0 Å². The zero-order valence-electron chi connectivity index (χ0n) is 11.9. The summed E-state index contributed by atoms with van der Waals surface area (Å²) >= 11 is 4.92. The van der Waals surface area contributed by atoms with Crippen molar-refractivity contribution in [3.8, 4) is 11.5 Å². The Morgan fingerprint density at radius 3 is 2.55 bits per heavy atom. The van der Waals surface area contributed by atoms with Gasteiger partial charge in [0.05, 0.1) is 7.11 Å². The molecular formula is C14H20N2O3S. The summed E-state index contributed by atoms with van der Waals surface area (Å²) in [5, 5.41) is 2.77. The molecule has 0 unspecified atom stereocenters. The van der Waals surface area contributed by atoms with Crippen molar-refractivity contribution in [2.75, 3.05) is 20.3 Å². The van der Waals surface area contributed by atoms with E-state index in [0.717, 1.165) is 0 Å². The SMILES string of the molecule is COc1cc(OCC(=O)NCC(C)C)cc(C(N)=S)c1. The Morgan fingerprint density at radius 2 is 2.00 bits per heavy atom. The molecule has 0 fully saturated rings. The highest BCUT2D eigenvalue weighted by Crippen LogP contribution is 2.22. The summed E-state index contributed by atoms with van der Waals surface area (Å²) in [7, 11) is 1.54. The number of thiocarbonyl (C=S) groups is 1. The van der Waals surface area contributed by atoms with Crippen LogP contribution in [0.25, 0.3) is 0 Å². The topological polar surface area (TPSA) is 73.6 Å². The third-order valence-corrected chi connectivity index (χ3v) is 2.71. The average Bonchev–Trinajstić information content (AvgIpc) is 2.42. The Labute approximate surface area is 124 Å². The average molecular weight is 296 g/mol. The van der Waals surface area contributed by atoms with Crippen LogP contribution in [0.5, 0.6) is 11.5 Å². The highest BCUT2D eigenvalue weighted by Gasteiger charge is 2.07. The molecule has 0 saturated carbocycles. The Hall–Kier alpha value is -1.82. The maximum absolute atomic E-state index is 11.6. The summed E-state index contributed by atoms with van der Waals surface area (Å²) in [6, 6.07) is 5.08. The molecule has 6 heteroatoms. The number of nitrogens with one attached hydrogen (secondary N) is 1. The number of carbonyl (C=O) groups excluding carboxylic acids is 1. The summed E-state index contributed by atoms with van der Waals surface area (Å²) < 4.78 is 10.6. The zero-order valence-corrected chi connectivity index (χ0v) is 12.8. The molecule has 0 bridgehead atoms. The predicted octanol–water partition coefficient (Wildman–Crippen LogP) is 1.48.